The first kappa shape index (κ1) is 17.1. The van der Waals surface area contributed by atoms with Crippen LogP contribution in [0.2, 0.25) is 0 Å². The third kappa shape index (κ3) is 3.35. The van der Waals surface area contributed by atoms with Gasteiger partial charge in [0, 0.05) is 28.4 Å². The Balaban J connectivity index is 1.74. The number of fused-ring (bicyclic) bond motifs is 2. The number of para-hydroxylation sites is 1. The maximum atomic E-state index is 10.7. The van der Waals surface area contributed by atoms with Crippen LogP contribution >= 0.6 is 0 Å². The van der Waals surface area contributed by atoms with Crippen molar-refractivity contribution in [2.24, 2.45) is 0 Å². The number of rotatable bonds is 5. The quantitative estimate of drug-likeness (QED) is 0.645. The average Bonchev–Trinajstić information content (AvgIpc) is 2.98. The predicted octanol–water partition coefficient (Wildman–Crippen LogP) is 3.37. The number of hydrogen-bond acceptors (Lipinski definition) is 5. The molecule has 136 valence electrons. The zero-order valence-electron chi connectivity index (χ0n) is 14.4. The SMILES string of the molecule is O=C(O)CCOc1ccc(C=C2c3ccccc3NC2O)c2cccnc12. The Morgan fingerprint density at radius 2 is 2.04 bits per heavy atom. The summed E-state index contributed by atoms with van der Waals surface area (Å²) >= 11 is 0. The minimum absolute atomic E-state index is 0.0746. The van der Waals surface area contributed by atoms with E-state index in [-0.39, 0.29) is 13.0 Å². The van der Waals surface area contributed by atoms with Gasteiger partial charge in [0.25, 0.3) is 0 Å². The van der Waals surface area contributed by atoms with E-state index in [4.69, 9.17) is 9.84 Å². The van der Waals surface area contributed by atoms with Crippen LogP contribution < -0.4 is 10.1 Å². The molecule has 6 nitrogen and oxygen atoms in total. The van der Waals surface area contributed by atoms with Crippen molar-refractivity contribution in [2.75, 3.05) is 11.9 Å². The number of pyridine rings is 1. The molecule has 0 amide bonds. The maximum absolute atomic E-state index is 10.7. The number of ether oxygens (including phenoxy) is 1. The molecule has 3 aromatic rings. The Kier molecular flexibility index (Phi) is 4.48. The number of hydrogen-bond donors (Lipinski definition) is 3. The predicted molar refractivity (Wildman–Crippen MR) is 103 cm³/mol. The lowest BCUT2D eigenvalue weighted by Crippen LogP contribution is -2.12. The Morgan fingerprint density at radius 3 is 2.89 bits per heavy atom. The molecule has 6 heteroatoms. The highest BCUT2D eigenvalue weighted by molar-refractivity contribution is 6.00. The number of anilines is 1. The number of benzene rings is 2. The van der Waals surface area contributed by atoms with Gasteiger partial charge in [-0.05, 0) is 29.8 Å². The molecular weight excluding hydrogens is 344 g/mol. The van der Waals surface area contributed by atoms with Gasteiger partial charge in [0.05, 0.1) is 13.0 Å². The second kappa shape index (κ2) is 7.09. The molecule has 2 aromatic carbocycles. The van der Waals surface area contributed by atoms with E-state index in [1.54, 1.807) is 12.3 Å². The fraction of sp³-hybridized carbons (Fsp3) is 0.143. The number of carbonyl (C=O) groups is 1. The van der Waals surface area contributed by atoms with Crippen molar-refractivity contribution in [1.29, 1.82) is 0 Å². The number of carboxylic acids is 1. The Morgan fingerprint density at radius 1 is 1.19 bits per heavy atom. The fourth-order valence-corrected chi connectivity index (χ4v) is 3.22. The van der Waals surface area contributed by atoms with Crippen molar-refractivity contribution in [3.05, 3.63) is 65.9 Å². The van der Waals surface area contributed by atoms with Crippen LogP contribution in [0.25, 0.3) is 22.6 Å². The number of aliphatic hydroxyl groups is 1. The van der Waals surface area contributed by atoms with Gasteiger partial charge in [-0.2, -0.15) is 0 Å². The van der Waals surface area contributed by atoms with Crippen LogP contribution in [0.5, 0.6) is 5.75 Å². The van der Waals surface area contributed by atoms with Crippen LogP contribution in [0.1, 0.15) is 17.5 Å². The highest BCUT2D eigenvalue weighted by Crippen LogP contribution is 2.37. The molecule has 2 heterocycles. The van der Waals surface area contributed by atoms with Crippen LogP contribution in [0.15, 0.2) is 54.7 Å². The summed E-state index contributed by atoms with van der Waals surface area (Å²) in [7, 11) is 0. The highest BCUT2D eigenvalue weighted by Gasteiger charge is 2.24. The molecule has 0 saturated heterocycles. The van der Waals surface area contributed by atoms with Gasteiger partial charge in [0.2, 0.25) is 0 Å². The molecule has 1 unspecified atom stereocenters. The minimum atomic E-state index is -0.907. The molecule has 0 radical (unpaired) electrons. The third-order valence-electron chi connectivity index (χ3n) is 4.48. The van der Waals surface area contributed by atoms with Crippen LogP contribution in [0.4, 0.5) is 5.69 Å². The van der Waals surface area contributed by atoms with Crippen molar-refractivity contribution in [3.63, 3.8) is 0 Å². The van der Waals surface area contributed by atoms with E-state index in [0.717, 1.165) is 27.8 Å². The Labute approximate surface area is 155 Å². The minimum Gasteiger partial charge on any atom is -0.491 e. The molecule has 0 saturated carbocycles. The number of carboxylic acid groups (broad SMARTS) is 1. The summed E-state index contributed by atoms with van der Waals surface area (Å²) < 4.78 is 5.61. The van der Waals surface area contributed by atoms with E-state index >= 15 is 0 Å². The van der Waals surface area contributed by atoms with Gasteiger partial charge < -0.3 is 20.3 Å². The van der Waals surface area contributed by atoms with Crippen molar-refractivity contribution < 1.29 is 19.7 Å². The van der Waals surface area contributed by atoms with E-state index in [9.17, 15) is 9.90 Å². The van der Waals surface area contributed by atoms with E-state index in [1.807, 2.05) is 48.5 Å². The molecule has 27 heavy (non-hydrogen) atoms. The molecule has 4 rings (SSSR count). The lowest BCUT2D eigenvalue weighted by Gasteiger charge is -2.11. The lowest BCUT2D eigenvalue weighted by atomic mass is 10.0. The standard InChI is InChI=1S/C21H18N2O4/c24-19(25)9-11-27-18-8-7-13(14-5-3-10-22-20(14)18)12-16-15-4-1-2-6-17(15)23-21(16)26/h1-8,10,12,21,23,26H,9,11H2,(H,24,25). The normalized spacial score (nSPS) is 16.9. The van der Waals surface area contributed by atoms with Crippen molar-refractivity contribution in [1.82, 2.24) is 4.98 Å². The third-order valence-corrected chi connectivity index (χ3v) is 4.48. The zero-order chi connectivity index (χ0) is 18.8. The summed E-state index contributed by atoms with van der Waals surface area (Å²) in [6, 6.07) is 15.2. The first-order valence-electron chi connectivity index (χ1n) is 8.61. The van der Waals surface area contributed by atoms with Gasteiger partial charge in [-0.25, -0.2) is 0 Å². The first-order valence-corrected chi connectivity index (χ1v) is 8.61. The molecule has 1 aromatic heterocycles. The molecular formula is C21H18N2O4. The molecule has 1 aliphatic heterocycles. The van der Waals surface area contributed by atoms with Crippen LogP contribution in [0.3, 0.4) is 0 Å². The summed E-state index contributed by atoms with van der Waals surface area (Å²) in [6.07, 6.45) is 2.76. The van der Waals surface area contributed by atoms with Gasteiger partial charge >= 0.3 is 5.97 Å². The molecule has 3 N–H and O–H groups in total. The lowest BCUT2D eigenvalue weighted by molar-refractivity contribution is -0.137. The van der Waals surface area contributed by atoms with Gasteiger partial charge in [0.1, 0.15) is 11.3 Å². The maximum Gasteiger partial charge on any atom is 0.306 e. The van der Waals surface area contributed by atoms with Gasteiger partial charge in [0.15, 0.2) is 6.23 Å². The Hall–Kier alpha value is -3.38. The molecule has 0 spiro atoms. The summed E-state index contributed by atoms with van der Waals surface area (Å²) in [5, 5.41) is 23.1. The van der Waals surface area contributed by atoms with Crippen LogP contribution in [-0.4, -0.2) is 34.0 Å². The van der Waals surface area contributed by atoms with Crippen molar-refractivity contribution in [2.45, 2.75) is 12.6 Å². The van der Waals surface area contributed by atoms with Gasteiger partial charge in [-0.1, -0.05) is 30.3 Å². The first-order chi connectivity index (χ1) is 13.1. The van der Waals surface area contributed by atoms with E-state index in [1.165, 1.54) is 0 Å². The molecule has 0 aliphatic carbocycles. The van der Waals surface area contributed by atoms with Crippen molar-refractivity contribution >= 4 is 34.2 Å². The van der Waals surface area contributed by atoms with Crippen LogP contribution in [-0.2, 0) is 4.79 Å². The second-order valence-corrected chi connectivity index (χ2v) is 6.24. The smallest absolute Gasteiger partial charge is 0.306 e. The molecule has 0 bridgehead atoms. The average molecular weight is 362 g/mol. The molecule has 1 atom stereocenters. The van der Waals surface area contributed by atoms with E-state index in [0.29, 0.717) is 11.3 Å². The van der Waals surface area contributed by atoms with E-state index < -0.39 is 12.2 Å². The fourth-order valence-electron chi connectivity index (χ4n) is 3.22. The molecule has 0 fully saturated rings. The largest absolute Gasteiger partial charge is 0.491 e. The number of nitrogens with one attached hydrogen (secondary N) is 1. The van der Waals surface area contributed by atoms with E-state index in [2.05, 4.69) is 10.3 Å². The summed E-state index contributed by atoms with van der Waals surface area (Å²) in [4.78, 5) is 15.1. The number of aliphatic hydroxyl groups excluding tert-OH is 1. The summed E-state index contributed by atoms with van der Waals surface area (Å²) in [5.41, 5.74) is 4.20. The number of aliphatic carboxylic acids is 1. The van der Waals surface area contributed by atoms with Crippen LogP contribution in [0, 0.1) is 0 Å². The second-order valence-electron chi connectivity index (χ2n) is 6.24. The van der Waals surface area contributed by atoms with Gasteiger partial charge in [-0.15, -0.1) is 0 Å². The zero-order valence-corrected chi connectivity index (χ0v) is 14.4. The van der Waals surface area contributed by atoms with Crippen molar-refractivity contribution in [3.8, 4) is 5.75 Å². The van der Waals surface area contributed by atoms with Gasteiger partial charge in [-0.3, -0.25) is 9.78 Å². The summed E-state index contributed by atoms with van der Waals surface area (Å²) in [6.45, 7) is 0.0808. The summed E-state index contributed by atoms with van der Waals surface area (Å²) in [5.74, 6) is -0.366. The Bertz CT molecular complexity index is 1050. The topological polar surface area (TPSA) is 91.7 Å². The monoisotopic (exact) mass is 362 g/mol. The highest BCUT2D eigenvalue weighted by atomic mass is 16.5. The number of nitrogens with zero attached hydrogens (tertiary/aromatic N) is 1. The molecule has 1 aliphatic rings. The number of aromatic nitrogens is 1.